The lowest BCUT2D eigenvalue weighted by Gasteiger charge is -2.23. The molecule has 1 aromatic carbocycles. The van der Waals surface area contributed by atoms with Crippen molar-refractivity contribution in [2.24, 2.45) is 0 Å². The van der Waals surface area contributed by atoms with E-state index in [2.05, 4.69) is 30.9 Å². The summed E-state index contributed by atoms with van der Waals surface area (Å²) in [5.41, 5.74) is 3.50. The van der Waals surface area contributed by atoms with E-state index in [1.165, 1.54) is 11.3 Å². The molecule has 0 bridgehead atoms. The standard InChI is InChI=1S/C16H15N3.H2O/c1-16(2)13-6-4-5-7-14(13)19(3)15(16)9-8-12(10-17)11-18;/h4-9H,1-3H3;1H2/b15-9-;. The second kappa shape index (κ2) is 5.61. The van der Waals surface area contributed by atoms with E-state index < -0.39 is 0 Å². The van der Waals surface area contributed by atoms with Crippen molar-refractivity contribution in [1.82, 2.24) is 0 Å². The topological polar surface area (TPSA) is 82.3 Å². The summed E-state index contributed by atoms with van der Waals surface area (Å²) in [6, 6.07) is 12.0. The zero-order valence-corrected chi connectivity index (χ0v) is 11.8. The molecule has 20 heavy (non-hydrogen) atoms. The van der Waals surface area contributed by atoms with Gasteiger partial charge in [-0.25, -0.2) is 0 Å². The van der Waals surface area contributed by atoms with Crippen molar-refractivity contribution in [2.75, 3.05) is 11.9 Å². The molecule has 0 radical (unpaired) electrons. The lowest BCUT2D eigenvalue weighted by Crippen LogP contribution is -2.22. The number of para-hydroxylation sites is 1. The van der Waals surface area contributed by atoms with Crippen LogP contribution in [-0.4, -0.2) is 12.5 Å². The molecule has 0 saturated carbocycles. The van der Waals surface area contributed by atoms with Gasteiger partial charge in [-0.1, -0.05) is 32.0 Å². The highest BCUT2D eigenvalue weighted by Gasteiger charge is 2.37. The van der Waals surface area contributed by atoms with Crippen LogP contribution in [0.1, 0.15) is 19.4 Å². The van der Waals surface area contributed by atoms with E-state index >= 15 is 0 Å². The SMILES string of the molecule is CN1/C(=C\C=C(C#N)C#N)C(C)(C)c2ccccc21.O. The molecule has 0 aliphatic carbocycles. The van der Waals surface area contributed by atoms with Gasteiger partial charge in [0, 0.05) is 23.8 Å². The van der Waals surface area contributed by atoms with E-state index in [1.807, 2.05) is 37.4 Å². The van der Waals surface area contributed by atoms with Gasteiger partial charge in [0.1, 0.15) is 17.7 Å². The van der Waals surface area contributed by atoms with Crippen molar-refractivity contribution in [3.8, 4) is 12.1 Å². The quantitative estimate of drug-likeness (QED) is 0.733. The first-order valence-corrected chi connectivity index (χ1v) is 6.08. The molecule has 0 spiro atoms. The van der Waals surface area contributed by atoms with Gasteiger partial charge in [0.25, 0.3) is 0 Å². The molecular weight excluding hydrogens is 250 g/mol. The molecule has 1 aliphatic heterocycles. The van der Waals surface area contributed by atoms with E-state index in [1.54, 1.807) is 6.08 Å². The van der Waals surface area contributed by atoms with Gasteiger partial charge in [-0.3, -0.25) is 0 Å². The lowest BCUT2D eigenvalue weighted by molar-refractivity contribution is 0.640. The second-order valence-electron chi connectivity index (χ2n) is 5.06. The van der Waals surface area contributed by atoms with Crippen LogP contribution in [0.4, 0.5) is 5.69 Å². The molecule has 4 nitrogen and oxygen atoms in total. The molecule has 1 heterocycles. The lowest BCUT2D eigenvalue weighted by atomic mass is 9.84. The summed E-state index contributed by atoms with van der Waals surface area (Å²) < 4.78 is 0. The number of nitriles is 2. The molecule has 0 aromatic heterocycles. The molecule has 0 saturated heterocycles. The number of benzene rings is 1. The Labute approximate surface area is 119 Å². The number of hydrogen-bond donors (Lipinski definition) is 0. The molecule has 0 fully saturated rings. The highest BCUT2D eigenvalue weighted by Crippen LogP contribution is 2.46. The van der Waals surface area contributed by atoms with E-state index in [9.17, 15) is 0 Å². The number of rotatable bonds is 1. The predicted molar refractivity (Wildman–Crippen MR) is 78.9 cm³/mol. The minimum atomic E-state index is -0.127. The first kappa shape index (κ1) is 15.5. The van der Waals surface area contributed by atoms with Crippen LogP contribution >= 0.6 is 0 Å². The van der Waals surface area contributed by atoms with Gasteiger partial charge in [0.2, 0.25) is 0 Å². The third-order valence-corrected chi connectivity index (χ3v) is 3.59. The van der Waals surface area contributed by atoms with Gasteiger partial charge in [0.05, 0.1) is 0 Å². The number of allylic oxidation sites excluding steroid dienone is 4. The van der Waals surface area contributed by atoms with Crippen molar-refractivity contribution in [2.45, 2.75) is 19.3 Å². The normalized spacial score (nSPS) is 16.6. The Bertz CT molecular complexity index is 641. The first-order chi connectivity index (χ1) is 9.02. The molecule has 1 aliphatic rings. The second-order valence-corrected chi connectivity index (χ2v) is 5.06. The zero-order valence-electron chi connectivity index (χ0n) is 11.8. The van der Waals surface area contributed by atoms with Gasteiger partial charge in [-0.2, -0.15) is 10.5 Å². The van der Waals surface area contributed by atoms with Gasteiger partial charge in [0.15, 0.2) is 0 Å². The molecule has 1 aromatic rings. The fourth-order valence-corrected chi connectivity index (χ4v) is 2.56. The number of hydrogen-bond acceptors (Lipinski definition) is 3. The maximum Gasteiger partial charge on any atom is 0.129 e. The van der Waals surface area contributed by atoms with Crippen LogP contribution in [0.3, 0.4) is 0 Å². The molecule has 2 N–H and O–H groups in total. The Hall–Kier alpha value is -2.56. The molecule has 0 unspecified atom stereocenters. The van der Waals surface area contributed by atoms with E-state index in [4.69, 9.17) is 10.5 Å². The molecule has 0 atom stereocenters. The van der Waals surface area contributed by atoms with Crippen LogP contribution in [0.15, 0.2) is 47.7 Å². The summed E-state index contributed by atoms with van der Waals surface area (Å²) >= 11 is 0. The van der Waals surface area contributed by atoms with E-state index in [0.717, 1.165) is 5.70 Å². The molecule has 4 heteroatoms. The maximum absolute atomic E-state index is 8.79. The van der Waals surface area contributed by atoms with Gasteiger partial charge in [-0.05, 0) is 23.8 Å². The fourth-order valence-electron chi connectivity index (χ4n) is 2.56. The Kier molecular flexibility index (Phi) is 4.34. The Balaban J connectivity index is 0.00000200. The summed E-state index contributed by atoms with van der Waals surface area (Å²) in [4.78, 5) is 2.11. The first-order valence-electron chi connectivity index (χ1n) is 6.08. The van der Waals surface area contributed by atoms with Crippen molar-refractivity contribution >= 4 is 5.69 Å². The van der Waals surface area contributed by atoms with Crippen LogP contribution in [0.5, 0.6) is 0 Å². The number of anilines is 1. The fraction of sp³-hybridized carbons (Fsp3) is 0.250. The highest BCUT2D eigenvalue weighted by atomic mass is 16.0. The molecular formula is C16H17N3O. The third-order valence-electron chi connectivity index (χ3n) is 3.59. The predicted octanol–water partition coefficient (Wildman–Crippen LogP) is 2.45. The largest absolute Gasteiger partial charge is 0.412 e. The summed E-state index contributed by atoms with van der Waals surface area (Å²) in [5.74, 6) is 0. The zero-order chi connectivity index (χ0) is 14.0. The highest BCUT2D eigenvalue weighted by molar-refractivity contribution is 5.70. The summed E-state index contributed by atoms with van der Waals surface area (Å²) in [5, 5.41) is 17.6. The van der Waals surface area contributed by atoms with Crippen LogP contribution in [0.2, 0.25) is 0 Å². The van der Waals surface area contributed by atoms with E-state index in [0.29, 0.717) is 0 Å². The van der Waals surface area contributed by atoms with E-state index in [-0.39, 0.29) is 16.5 Å². The number of likely N-dealkylation sites (N-methyl/N-ethyl adjacent to an activating group) is 1. The Morgan fingerprint density at radius 1 is 1.20 bits per heavy atom. The summed E-state index contributed by atoms with van der Waals surface area (Å²) in [6.45, 7) is 4.29. The summed E-state index contributed by atoms with van der Waals surface area (Å²) in [6.07, 6.45) is 3.45. The monoisotopic (exact) mass is 267 g/mol. The van der Waals surface area contributed by atoms with Crippen LogP contribution in [0, 0.1) is 22.7 Å². The smallest absolute Gasteiger partial charge is 0.129 e. The van der Waals surface area contributed by atoms with Crippen LogP contribution in [-0.2, 0) is 5.41 Å². The maximum atomic E-state index is 8.79. The van der Waals surface area contributed by atoms with Gasteiger partial charge in [-0.15, -0.1) is 0 Å². The van der Waals surface area contributed by atoms with Crippen molar-refractivity contribution in [1.29, 1.82) is 10.5 Å². The van der Waals surface area contributed by atoms with Crippen LogP contribution in [0.25, 0.3) is 0 Å². The average molecular weight is 267 g/mol. The Morgan fingerprint density at radius 3 is 2.35 bits per heavy atom. The molecule has 2 rings (SSSR count). The van der Waals surface area contributed by atoms with Crippen molar-refractivity contribution in [3.05, 3.63) is 53.3 Å². The minimum absolute atomic E-state index is 0. The summed E-state index contributed by atoms with van der Waals surface area (Å²) in [7, 11) is 2.01. The van der Waals surface area contributed by atoms with Crippen molar-refractivity contribution in [3.63, 3.8) is 0 Å². The number of nitrogens with zero attached hydrogens (tertiary/aromatic N) is 3. The van der Waals surface area contributed by atoms with Crippen LogP contribution < -0.4 is 4.90 Å². The Morgan fingerprint density at radius 2 is 1.80 bits per heavy atom. The minimum Gasteiger partial charge on any atom is -0.412 e. The van der Waals surface area contributed by atoms with Gasteiger partial charge >= 0.3 is 0 Å². The van der Waals surface area contributed by atoms with Crippen molar-refractivity contribution < 1.29 is 5.48 Å². The average Bonchev–Trinajstić information content (AvgIpc) is 2.61. The molecule has 0 amide bonds. The third kappa shape index (κ3) is 2.30. The number of fused-ring (bicyclic) bond motifs is 1. The van der Waals surface area contributed by atoms with Gasteiger partial charge < -0.3 is 10.4 Å². The molecule has 102 valence electrons.